The summed E-state index contributed by atoms with van der Waals surface area (Å²) in [5.41, 5.74) is 1.17. The van der Waals surface area contributed by atoms with Crippen LogP contribution in [0.15, 0.2) is 54.7 Å². The lowest BCUT2D eigenvalue weighted by Gasteiger charge is -2.35. The molecule has 0 radical (unpaired) electrons. The Balaban J connectivity index is 1.55. The third-order valence-electron chi connectivity index (χ3n) is 4.13. The van der Waals surface area contributed by atoms with Crippen LogP contribution in [0.2, 0.25) is 0 Å². The highest BCUT2D eigenvalue weighted by atomic mass is 16.4. The number of benzene rings is 1. The van der Waals surface area contributed by atoms with Crippen LogP contribution < -0.4 is 4.90 Å². The molecule has 0 bridgehead atoms. The highest BCUT2D eigenvalue weighted by Crippen LogP contribution is 2.14. The molecule has 2 aromatic rings. The second-order valence-electron chi connectivity index (χ2n) is 5.77. The van der Waals surface area contributed by atoms with Crippen molar-refractivity contribution in [1.82, 2.24) is 9.88 Å². The van der Waals surface area contributed by atoms with Crippen molar-refractivity contribution in [3.63, 3.8) is 0 Å². The van der Waals surface area contributed by atoms with Gasteiger partial charge >= 0.3 is 5.97 Å². The Morgan fingerprint density at radius 2 is 1.72 bits per heavy atom. The fraction of sp³-hybridized carbons (Fsp3) is 0.211. The molecule has 1 amide bonds. The van der Waals surface area contributed by atoms with Crippen LogP contribution in [-0.4, -0.2) is 53.0 Å². The predicted octanol–water partition coefficient (Wildman–Crippen LogP) is 2.14. The summed E-state index contributed by atoms with van der Waals surface area (Å²) in [5, 5.41) is 8.91. The van der Waals surface area contributed by atoms with E-state index in [0.717, 1.165) is 11.4 Å². The zero-order valence-corrected chi connectivity index (χ0v) is 13.7. The molecule has 0 spiro atoms. The monoisotopic (exact) mass is 337 g/mol. The average molecular weight is 337 g/mol. The van der Waals surface area contributed by atoms with Crippen LogP contribution in [0.25, 0.3) is 6.08 Å². The Labute approximate surface area is 146 Å². The molecule has 1 aromatic carbocycles. The van der Waals surface area contributed by atoms with E-state index in [1.807, 2.05) is 41.3 Å². The van der Waals surface area contributed by atoms with Crippen LogP contribution >= 0.6 is 0 Å². The molecule has 0 saturated carbocycles. The first-order valence-electron chi connectivity index (χ1n) is 8.10. The van der Waals surface area contributed by atoms with Gasteiger partial charge < -0.3 is 14.9 Å². The molecule has 1 aliphatic rings. The van der Waals surface area contributed by atoms with Crippen molar-refractivity contribution >= 4 is 23.8 Å². The van der Waals surface area contributed by atoms with Crippen LogP contribution in [0.1, 0.15) is 15.9 Å². The fourth-order valence-electron chi connectivity index (χ4n) is 2.69. The van der Waals surface area contributed by atoms with Gasteiger partial charge in [-0.2, -0.15) is 0 Å². The minimum Gasteiger partial charge on any atom is -0.478 e. The molecule has 0 aliphatic carbocycles. The maximum atomic E-state index is 12.3. The molecule has 0 atom stereocenters. The number of hydrogen-bond acceptors (Lipinski definition) is 4. The van der Waals surface area contributed by atoms with Crippen LogP contribution in [0.4, 0.5) is 5.82 Å². The molecule has 1 aliphatic heterocycles. The molecule has 2 heterocycles. The van der Waals surface area contributed by atoms with Crippen molar-refractivity contribution in [1.29, 1.82) is 0 Å². The molecule has 1 fully saturated rings. The second kappa shape index (κ2) is 7.61. The van der Waals surface area contributed by atoms with Crippen molar-refractivity contribution in [2.24, 2.45) is 0 Å². The lowest BCUT2D eigenvalue weighted by molar-refractivity contribution is -0.126. The van der Waals surface area contributed by atoms with Gasteiger partial charge in [-0.15, -0.1) is 0 Å². The molecule has 6 heteroatoms. The van der Waals surface area contributed by atoms with Gasteiger partial charge in [0.15, 0.2) is 0 Å². The Hall–Kier alpha value is -3.15. The first kappa shape index (κ1) is 16.7. The minimum absolute atomic E-state index is 0.00214. The summed E-state index contributed by atoms with van der Waals surface area (Å²) in [4.78, 5) is 31.2. The summed E-state index contributed by atoms with van der Waals surface area (Å²) in [6, 6.07) is 13.0. The van der Waals surface area contributed by atoms with E-state index < -0.39 is 5.97 Å². The standard InChI is InChI=1S/C19H19N3O3/c23-18(9-6-15-4-2-1-3-5-15)22-12-10-21(11-13-22)17-8-7-16(14-20-17)19(24)25/h1-9,14H,10-13H2,(H,24,25)/b9-6+. The van der Waals surface area contributed by atoms with Crippen molar-refractivity contribution in [3.8, 4) is 0 Å². The number of carboxylic acid groups (broad SMARTS) is 1. The largest absolute Gasteiger partial charge is 0.478 e. The highest BCUT2D eigenvalue weighted by molar-refractivity contribution is 5.92. The number of anilines is 1. The zero-order chi connectivity index (χ0) is 17.6. The number of rotatable bonds is 4. The Morgan fingerprint density at radius 1 is 1.00 bits per heavy atom. The van der Waals surface area contributed by atoms with Crippen LogP contribution in [0.5, 0.6) is 0 Å². The summed E-state index contributed by atoms with van der Waals surface area (Å²) in [5.74, 6) is -0.255. The molecular formula is C19H19N3O3. The van der Waals surface area contributed by atoms with Gasteiger partial charge in [0.05, 0.1) is 5.56 Å². The number of carboxylic acids is 1. The lowest BCUT2D eigenvalue weighted by Crippen LogP contribution is -2.48. The normalized spacial score (nSPS) is 14.7. The molecule has 6 nitrogen and oxygen atoms in total. The van der Waals surface area contributed by atoms with Crippen molar-refractivity contribution in [2.45, 2.75) is 0 Å². The average Bonchev–Trinajstić information content (AvgIpc) is 2.67. The van der Waals surface area contributed by atoms with Gasteiger partial charge in [-0.1, -0.05) is 30.3 Å². The van der Waals surface area contributed by atoms with Crippen molar-refractivity contribution in [3.05, 3.63) is 65.9 Å². The Kier molecular flexibility index (Phi) is 5.09. The van der Waals surface area contributed by atoms with Crippen molar-refractivity contribution < 1.29 is 14.7 Å². The first-order chi connectivity index (χ1) is 12.1. The maximum Gasteiger partial charge on any atom is 0.337 e. The van der Waals surface area contributed by atoms with E-state index in [2.05, 4.69) is 9.88 Å². The van der Waals surface area contributed by atoms with Gasteiger partial charge in [0, 0.05) is 38.5 Å². The zero-order valence-electron chi connectivity index (χ0n) is 13.7. The Bertz CT molecular complexity index is 764. The number of pyridine rings is 1. The number of piperazine rings is 1. The summed E-state index contributed by atoms with van der Waals surface area (Å²) in [7, 11) is 0. The van der Waals surface area contributed by atoms with E-state index in [9.17, 15) is 9.59 Å². The number of carbonyl (C=O) groups excluding carboxylic acids is 1. The van der Waals surface area contributed by atoms with E-state index in [0.29, 0.717) is 26.2 Å². The SMILES string of the molecule is O=C(O)c1ccc(N2CCN(C(=O)/C=C/c3ccccc3)CC2)nc1. The molecule has 128 valence electrons. The second-order valence-corrected chi connectivity index (χ2v) is 5.77. The first-order valence-corrected chi connectivity index (χ1v) is 8.10. The molecule has 1 saturated heterocycles. The minimum atomic E-state index is -0.986. The maximum absolute atomic E-state index is 12.3. The van der Waals surface area contributed by atoms with Gasteiger partial charge in [0.25, 0.3) is 0 Å². The van der Waals surface area contributed by atoms with E-state index in [1.54, 1.807) is 18.2 Å². The lowest BCUT2D eigenvalue weighted by atomic mass is 10.2. The third-order valence-corrected chi connectivity index (χ3v) is 4.13. The van der Waals surface area contributed by atoms with Gasteiger partial charge in [0.1, 0.15) is 5.82 Å². The van der Waals surface area contributed by atoms with E-state index in [-0.39, 0.29) is 11.5 Å². The van der Waals surface area contributed by atoms with E-state index in [1.165, 1.54) is 6.20 Å². The number of carbonyl (C=O) groups is 2. The predicted molar refractivity (Wildman–Crippen MR) is 95.5 cm³/mol. The molecular weight excluding hydrogens is 318 g/mol. The van der Waals surface area contributed by atoms with Gasteiger partial charge in [-0.25, -0.2) is 9.78 Å². The van der Waals surface area contributed by atoms with Crippen LogP contribution in [0.3, 0.4) is 0 Å². The molecule has 1 N–H and O–H groups in total. The number of nitrogens with zero attached hydrogens (tertiary/aromatic N) is 3. The van der Waals surface area contributed by atoms with E-state index >= 15 is 0 Å². The van der Waals surface area contributed by atoms with Gasteiger partial charge in [-0.05, 0) is 23.8 Å². The summed E-state index contributed by atoms with van der Waals surface area (Å²) < 4.78 is 0. The van der Waals surface area contributed by atoms with Crippen LogP contribution in [0, 0.1) is 0 Å². The third kappa shape index (κ3) is 4.23. The topological polar surface area (TPSA) is 73.7 Å². The number of aromatic carboxylic acids is 1. The fourth-order valence-corrected chi connectivity index (χ4v) is 2.69. The number of hydrogen-bond donors (Lipinski definition) is 1. The van der Waals surface area contributed by atoms with Gasteiger partial charge in [0.2, 0.25) is 5.91 Å². The molecule has 3 rings (SSSR count). The van der Waals surface area contributed by atoms with Crippen LogP contribution in [-0.2, 0) is 4.79 Å². The summed E-state index contributed by atoms with van der Waals surface area (Å²) in [6.07, 6.45) is 4.78. The molecule has 25 heavy (non-hydrogen) atoms. The molecule has 0 unspecified atom stereocenters. The van der Waals surface area contributed by atoms with Crippen molar-refractivity contribution in [2.75, 3.05) is 31.1 Å². The smallest absolute Gasteiger partial charge is 0.337 e. The van der Waals surface area contributed by atoms with E-state index in [4.69, 9.17) is 5.11 Å². The molecule has 1 aromatic heterocycles. The summed E-state index contributed by atoms with van der Waals surface area (Å²) in [6.45, 7) is 2.56. The summed E-state index contributed by atoms with van der Waals surface area (Å²) >= 11 is 0. The number of amides is 1. The highest BCUT2D eigenvalue weighted by Gasteiger charge is 2.20. The number of aromatic nitrogens is 1. The quantitative estimate of drug-likeness (QED) is 0.865. The van der Waals surface area contributed by atoms with Gasteiger partial charge in [-0.3, -0.25) is 4.79 Å². The Morgan fingerprint density at radius 3 is 2.32 bits per heavy atom.